The van der Waals surface area contributed by atoms with Crippen LogP contribution in [-0.2, 0) is 12.4 Å². The molecule has 104 valence electrons. The number of nitro groups is 1. The van der Waals surface area contributed by atoms with Crippen molar-refractivity contribution in [2.75, 3.05) is 0 Å². The van der Waals surface area contributed by atoms with Crippen molar-refractivity contribution in [3.63, 3.8) is 0 Å². The first-order valence-electron chi connectivity index (χ1n) is 5.98. The Hall–Kier alpha value is -2.21. The highest BCUT2D eigenvalue weighted by atomic mass is 35.5. The number of nitro benzene ring substituents is 1. The molecule has 0 radical (unpaired) electrons. The van der Waals surface area contributed by atoms with E-state index >= 15 is 0 Å². The van der Waals surface area contributed by atoms with Crippen molar-refractivity contribution >= 4 is 17.3 Å². The minimum atomic E-state index is -0.464. The third-order valence-corrected chi connectivity index (χ3v) is 3.15. The fourth-order valence-electron chi connectivity index (χ4n) is 1.80. The summed E-state index contributed by atoms with van der Waals surface area (Å²) in [7, 11) is 0. The van der Waals surface area contributed by atoms with Crippen LogP contribution < -0.4 is 5.56 Å². The Morgan fingerprint density at radius 3 is 2.50 bits per heavy atom. The van der Waals surface area contributed by atoms with Gasteiger partial charge in [-0.05, 0) is 25.1 Å². The van der Waals surface area contributed by atoms with E-state index in [4.69, 9.17) is 11.6 Å². The number of nitrogens with zero attached hydrogens (tertiary/aromatic N) is 3. The van der Waals surface area contributed by atoms with Gasteiger partial charge in [0.25, 0.3) is 11.2 Å². The predicted molar refractivity (Wildman–Crippen MR) is 75.8 cm³/mol. The quantitative estimate of drug-likeness (QED) is 0.493. The van der Waals surface area contributed by atoms with Gasteiger partial charge in [-0.25, -0.2) is 4.68 Å². The van der Waals surface area contributed by atoms with Crippen LogP contribution in [0.4, 0.5) is 5.69 Å². The maximum Gasteiger partial charge on any atom is 0.271 e. The fraction of sp³-hybridized carbons (Fsp3) is 0.231. The molecule has 0 spiro atoms. The van der Waals surface area contributed by atoms with Crippen LogP contribution in [0.25, 0.3) is 11.3 Å². The van der Waals surface area contributed by atoms with E-state index in [9.17, 15) is 14.9 Å². The van der Waals surface area contributed by atoms with E-state index in [0.29, 0.717) is 23.4 Å². The van der Waals surface area contributed by atoms with E-state index in [1.807, 2.05) is 6.92 Å². The second-order valence-electron chi connectivity index (χ2n) is 4.11. The molecule has 1 heterocycles. The van der Waals surface area contributed by atoms with E-state index in [-0.39, 0.29) is 17.1 Å². The zero-order valence-electron chi connectivity index (χ0n) is 10.7. The van der Waals surface area contributed by atoms with Gasteiger partial charge in [0.05, 0.1) is 16.5 Å². The lowest BCUT2D eigenvalue weighted by molar-refractivity contribution is -0.384. The number of non-ortho nitro benzene ring substituents is 1. The highest BCUT2D eigenvalue weighted by molar-refractivity contribution is 6.17. The first kappa shape index (κ1) is 14.2. The lowest BCUT2D eigenvalue weighted by atomic mass is 10.1. The predicted octanol–water partition coefficient (Wildman–Crippen LogP) is 2.58. The molecular weight excluding hydrogens is 282 g/mol. The number of hydrogen-bond donors (Lipinski definition) is 0. The molecule has 0 saturated heterocycles. The molecule has 0 aliphatic rings. The van der Waals surface area contributed by atoms with Gasteiger partial charge in [-0.2, -0.15) is 5.10 Å². The minimum Gasteiger partial charge on any atom is -0.267 e. The first-order valence-corrected chi connectivity index (χ1v) is 6.52. The Bertz CT molecular complexity index is 667. The largest absolute Gasteiger partial charge is 0.271 e. The molecule has 20 heavy (non-hydrogen) atoms. The van der Waals surface area contributed by atoms with Gasteiger partial charge in [0.15, 0.2) is 0 Å². The number of aromatic nitrogens is 2. The zero-order chi connectivity index (χ0) is 14.7. The highest BCUT2D eigenvalue weighted by Crippen LogP contribution is 2.20. The highest BCUT2D eigenvalue weighted by Gasteiger charge is 2.10. The van der Waals surface area contributed by atoms with Crippen molar-refractivity contribution in [2.45, 2.75) is 19.3 Å². The number of alkyl halides is 1. The number of aryl methyl sites for hydroxylation is 1. The van der Waals surface area contributed by atoms with E-state index in [0.717, 1.165) is 0 Å². The number of hydrogen-bond acceptors (Lipinski definition) is 4. The molecule has 0 bridgehead atoms. The topological polar surface area (TPSA) is 78.0 Å². The Kier molecular flexibility index (Phi) is 4.14. The molecule has 2 aromatic rings. The van der Waals surface area contributed by atoms with Crippen LogP contribution in [0.5, 0.6) is 0 Å². The molecule has 0 atom stereocenters. The zero-order valence-corrected chi connectivity index (χ0v) is 11.5. The SMILES string of the molecule is CCn1nc(-c2ccc([N+](=O)[O-])cc2)cc(CCl)c1=O. The molecule has 2 rings (SSSR count). The summed E-state index contributed by atoms with van der Waals surface area (Å²) in [6.07, 6.45) is 0. The Balaban J connectivity index is 2.52. The summed E-state index contributed by atoms with van der Waals surface area (Å²) in [6, 6.07) is 7.62. The van der Waals surface area contributed by atoms with Gasteiger partial charge >= 0.3 is 0 Å². The van der Waals surface area contributed by atoms with Crippen molar-refractivity contribution in [3.05, 3.63) is 56.4 Å². The van der Waals surface area contributed by atoms with Crippen LogP contribution in [0.3, 0.4) is 0 Å². The van der Waals surface area contributed by atoms with Crippen molar-refractivity contribution in [1.82, 2.24) is 9.78 Å². The van der Waals surface area contributed by atoms with Crippen molar-refractivity contribution < 1.29 is 4.92 Å². The molecule has 7 heteroatoms. The Labute approximate surface area is 119 Å². The van der Waals surface area contributed by atoms with Crippen LogP contribution in [0.1, 0.15) is 12.5 Å². The molecule has 1 aromatic carbocycles. The summed E-state index contributed by atoms with van der Waals surface area (Å²) in [5, 5.41) is 14.8. The first-order chi connectivity index (χ1) is 9.56. The molecule has 0 aliphatic carbocycles. The van der Waals surface area contributed by atoms with Gasteiger partial charge in [0.1, 0.15) is 0 Å². The van der Waals surface area contributed by atoms with Crippen molar-refractivity contribution in [3.8, 4) is 11.3 Å². The molecule has 0 saturated carbocycles. The van der Waals surface area contributed by atoms with Gasteiger partial charge in [-0.3, -0.25) is 14.9 Å². The minimum absolute atomic E-state index is 0.00938. The summed E-state index contributed by atoms with van der Waals surface area (Å²) < 4.78 is 1.33. The summed E-state index contributed by atoms with van der Waals surface area (Å²) in [4.78, 5) is 22.0. The Morgan fingerprint density at radius 1 is 1.35 bits per heavy atom. The maximum absolute atomic E-state index is 11.9. The van der Waals surface area contributed by atoms with E-state index < -0.39 is 4.92 Å². The van der Waals surface area contributed by atoms with Gasteiger partial charge < -0.3 is 0 Å². The van der Waals surface area contributed by atoms with Crippen molar-refractivity contribution in [1.29, 1.82) is 0 Å². The van der Waals surface area contributed by atoms with Crippen LogP contribution in [0.15, 0.2) is 35.1 Å². The molecule has 0 aliphatic heterocycles. The number of benzene rings is 1. The average Bonchev–Trinajstić information content (AvgIpc) is 2.47. The van der Waals surface area contributed by atoms with Crippen LogP contribution in [0.2, 0.25) is 0 Å². The lowest BCUT2D eigenvalue weighted by Gasteiger charge is -2.07. The maximum atomic E-state index is 11.9. The normalized spacial score (nSPS) is 10.5. The fourth-order valence-corrected chi connectivity index (χ4v) is 1.99. The second kappa shape index (κ2) is 5.83. The summed E-state index contributed by atoms with van der Waals surface area (Å²) in [5.74, 6) is 0.0985. The number of halogens is 1. The molecular formula is C13H12ClN3O3. The van der Waals surface area contributed by atoms with Crippen LogP contribution in [-0.4, -0.2) is 14.7 Å². The average molecular weight is 294 g/mol. The summed E-state index contributed by atoms with van der Waals surface area (Å²) in [5.41, 5.74) is 1.52. The van der Waals surface area contributed by atoms with Crippen LogP contribution >= 0.6 is 11.6 Å². The summed E-state index contributed by atoms with van der Waals surface area (Å²) in [6.45, 7) is 2.25. The number of rotatable bonds is 4. The molecule has 0 unspecified atom stereocenters. The van der Waals surface area contributed by atoms with Gasteiger partial charge in [0.2, 0.25) is 0 Å². The molecule has 6 nitrogen and oxygen atoms in total. The van der Waals surface area contributed by atoms with Crippen molar-refractivity contribution in [2.24, 2.45) is 0 Å². The standard InChI is InChI=1S/C13H12ClN3O3/c1-2-16-13(18)10(8-14)7-12(15-16)9-3-5-11(6-4-9)17(19)20/h3-7H,2,8H2,1H3. The third-order valence-electron chi connectivity index (χ3n) is 2.87. The van der Waals surface area contributed by atoms with Crippen LogP contribution in [0, 0.1) is 10.1 Å². The lowest BCUT2D eigenvalue weighted by Crippen LogP contribution is -2.25. The Morgan fingerprint density at radius 2 is 2.00 bits per heavy atom. The monoisotopic (exact) mass is 293 g/mol. The molecule has 0 amide bonds. The van der Waals surface area contributed by atoms with E-state index in [1.165, 1.54) is 16.8 Å². The van der Waals surface area contributed by atoms with E-state index in [1.54, 1.807) is 18.2 Å². The second-order valence-corrected chi connectivity index (χ2v) is 4.38. The summed E-state index contributed by atoms with van der Waals surface area (Å²) >= 11 is 5.76. The molecule has 0 fully saturated rings. The third kappa shape index (κ3) is 2.70. The van der Waals surface area contributed by atoms with Gasteiger partial charge in [-0.15, -0.1) is 11.6 Å². The van der Waals surface area contributed by atoms with E-state index in [2.05, 4.69) is 5.10 Å². The van der Waals surface area contributed by atoms with Gasteiger partial charge in [0, 0.05) is 29.8 Å². The smallest absolute Gasteiger partial charge is 0.267 e. The molecule has 0 N–H and O–H groups in total. The van der Waals surface area contributed by atoms with Gasteiger partial charge in [-0.1, -0.05) is 0 Å². The molecule has 1 aromatic heterocycles.